The zero-order valence-corrected chi connectivity index (χ0v) is 13.3. The van der Waals surface area contributed by atoms with Crippen LogP contribution in [0.25, 0.3) is 0 Å². The summed E-state index contributed by atoms with van der Waals surface area (Å²) in [4.78, 5) is 0.181. The van der Waals surface area contributed by atoms with Gasteiger partial charge in [0.15, 0.2) is 5.75 Å². The van der Waals surface area contributed by atoms with E-state index in [1.54, 1.807) is 22.9 Å². The molecule has 0 aliphatic rings. The lowest BCUT2D eigenvalue weighted by Crippen LogP contribution is -2.09. The van der Waals surface area contributed by atoms with E-state index in [4.69, 9.17) is 27.9 Å². The lowest BCUT2D eigenvalue weighted by atomic mass is 10.3. The highest BCUT2D eigenvalue weighted by atomic mass is 79.9. The van der Waals surface area contributed by atoms with E-state index in [0.29, 0.717) is 28.9 Å². The number of alkyl halides is 1. The molecule has 0 spiro atoms. The van der Waals surface area contributed by atoms with E-state index in [9.17, 15) is 0 Å². The van der Waals surface area contributed by atoms with Crippen LogP contribution in [0, 0.1) is 0 Å². The SMILES string of the molecule is CC(Br)c1cn(CCOc2c(Cl)cccc2Cl)nn1. The van der Waals surface area contributed by atoms with Crippen molar-refractivity contribution in [2.75, 3.05) is 6.61 Å². The molecule has 0 amide bonds. The summed E-state index contributed by atoms with van der Waals surface area (Å²) in [6.45, 7) is 2.99. The first-order valence-corrected chi connectivity index (χ1v) is 7.36. The maximum atomic E-state index is 6.01. The quantitative estimate of drug-likeness (QED) is 0.749. The minimum atomic E-state index is 0.181. The Bertz CT molecular complexity index is 539. The summed E-state index contributed by atoms with van der Waals surface area (Å²) in [6, 6.07) is 5.25. The van der Waals surface area contributed by atoms with E-state index in [-0.39, 0.29) is 4.83 Å². The van der Waals surface area contributed by atoms with Gasteiger partial charge >= 0.3 is 0 Å². The number of halogens is 3. The van der Waals surface area contributed by atoms with Crippen molar-refractivity contribution < 1.29 is 4.74 Å². The zero-order chi connectivity index (χ0) is 13.8. The molecule has 0 N–H and O–H groups in total. The van der Waals surface area contributed by atoms with Gasteiger partial charge in [0, 0.05) is 6.20 Å². The van der Waals surface area contributed by atoms with Crippen LogP contribution in [0.2, 0.25) is 10.0 Å². The van der Waals surface area contributed by atoms with Crippen LogP contribution in [0.3, 0.4) is 0 Å². The Balaban J connectivity index is 1.92. The Morgan fingerprint density at radius 1 is 1.37 bits per heavy atom. The number of hydrogen-bond donors (Lipinski definition) is 0. The Hall–Kier alpha value is -0.780. The number of nitrogens with zero attached hydrogens (tertiary/aromatic N) is 3. The Kier molecular flexibility index (Phi) is 5.07. The second-order valence-electron chi connectivity index (χ2n) is 3.92. The van der Waals surface area contributed by atoms with Crippen LogP contribution in [0.4, 0.5) is 0 Å². The fourth-order valence-corrected chi connectivity index (χ4v) is 2.18. The number of hydrogen-bond acceptors (Lipinski definition) is 3. The van der Waals surface area contributed by atoms with Crippen molar-refractivity contribution in [3.05, 3.63) is 40.1 Å². The molecular formula is C12H12BrCl2N3O. The number of aromatic nitrogens is 3. The normalized spacial score (nSPS) is 12.4. The molecule has 1 aromatic carbocycles. The van der Waals surface area contributed by atoms with Crippen LogP contribution in [-0.4, -0.2) is 21.6 Å². The number of rotatable bonds is 5. The van der Waals surface area contributed by atoms with Gasteiger partial charge in [-0.25, -0.2) is 4.68 Å². The maximum Gasteiger partial charge on any atom is 0.156 e. The summed E-state index contributed by atoms with van der Waals surface area (Å²) in [6.07, 6.45) is 1.87. The molecule has 7 heteroatoms. The first-order valence-electron chi connectivity index (χ1n) is 5.69. The Morgan fingerprint density at radius 3 is 2.63 bits per heavy atom. The molecule has 1 atom stereocenters. The fraction of sp³-hybridized carbons (Fsp3) is 0.333. The van der Waals surface area contributed by atoms with Gasteiger partial charge in [0.1, 0.15) is 6.61 Å². The number of para-hydroxylation sites is 1. The summed E-state index contributed by atoms with van der Waals surface area (Å²) < 4.78 is 7.30. The van der Waals surface area contributed by atoms with E-state index in [0.717, 1.165) is 5.69 Å². The highest BCUT2D eigenvalue weighted by Crippen LogP contribution is 2.32. The molecule has 1 heterocycles. The summed E-state index contributed by atoms with van der Waals surface area (Å²) in [7, 11) is 0. The second-order valence-corrected chi connectivity index (χ2v) is 6.11. The second kappa shape index (κ2) is 6.59. The van der Waals surface area contributed by atoms with Crippen LogP contribution in [0.5, 0.6) is 5.75 Å². The summed E-state index contributed by atoms with van der Waals surface area (Å²) in [5.41, 5.74) is 0.885. The average Bonchev–Trinajstić information content (AvgIpc) is 2.82. The largest absolute Gasteiger partial charge is 0.489 e. The highest BCUT2D eigenvalue weighted by Gasteiger charge is 2.08. The van der Waals surface area contributed by atoms with Gasteiger partial charge < -0.3 is 4.74 Å². The summed E-state index contributed by atoms with van der Waals surface area (Å²) in [5, 5.41) is 9.04. The number of ether oxygens (including phenoxy) is 1. The highest BCUT2D eigenvalue weighted by molar-refractivity contribution is 9.09. The van der Waals surface area contributed by atoms with E-state index in [1.165, 1.54) is 0 Å². The number of benzene rings is 1. The maximum absolute atomic E-state index is 6.01. The van der Waals surface area contributed by atoms with Crippen molar-refractivity contribution in [3.63, 3.8) is 0 Å². The molecule has 2 rings (SSSR count). The molecule has 0 bridgehead atoms. The van der Waals surface area contributed by atoms with Crippen molar-refractivity contribution in [3.8, 4) is 5.75 Å². The van der Waals surface area contributed by atoms with Crippen LogP contribution in [0.15, 0.2) is 24.4 Å². The smallest absolute Gasteiger partial charge is 0.156 e. The van der Waals surface area contributed by atoms with Crippen molar-refractivity contribution in [2.24, 2.45) is 0 Å². The Morgan fingerprint density at radius 2 is 2.05 bits per heavy atom. The van der Waals surface area contributed by atoms with Gasteiger partial charge in [0.25, 0.3) is 0 Å². The van der Waals surface area contributed by atoms with Gasteiger partial charge in [-0.15, -0.1) is 5.10 Å². The lowest BCUT2D eigenvalue weighted by Gasteiger charge is -2.09. The molecule has 0 radical (unpaired) electrons. The van der Waals surface area contributed by atoms with E-state index in [2.05, 4.69) is 26.2 Å². The zero-order valence-electron chi connectivity index (χ0n) is 10.2. The standard InChI is InChI=1S/C12H12BrCl2N3O/c1-8(13)11-7-18(17-16-11)5-6-19-12-9(14)3-2-4-10(12)15/h2-4,7-8H,5-6H2,1H3. The fourth-order valence-electron chi connectivity index (χ4n) is 1.47. The molecule has 0 saturated carbocycles. The molecule has 0 saturated heterocycles. The molecule has 0 aliphatic carbocycles. The van der Waals surface area contributed by atoms with Crippen molar-refractivity contribution in [2.45, 2.75) is 18.3 Å². The summed E-state index contributed by atoms with van der Waals surface area (Å²) in [5.74, 6) is 0.500. The third kappa shape index (κ3) is 3.84. The molecular weight excluding hydrogens is 353 g/mol. The summed E-state index contributed by atoms with van der Waals surface area (Å²) >= 11 is 15.5. The molecule has 19 heavy (non-hydrogen) atoms. The van der Waals surface area contributed by atoms with Gasteiger partial charge in [0.2, 0.25) is 0 Å². The third-order valence-corrected chi connectivity index (χ3v) is 3.51. The predicted molar refractivity (Wildman–Crippen MR) is 79.3 cm³/mol. The molecule has 0 aliphatic heterocycles. The van der Waals surface area contributed by atoms with E-state index >= 15 is 0 Å². The van der Waals surface area contributed by atoms with Crippen LogP contribution in [0.1, 0.15) is 17.4 Å². The molecule has 1 unspecified atom stereocenters. The molecule has 2 aromatic rings. The van der Waals surface area contributed by atoms with Gasteiger partial charge in [0.05, 0.1) is 27.1 Å². The van der Waals surface area contributed by atoms with Crippen molar-refractivity contribution >= 4 is 39.1 Å². The van der Waals surface area contributed by atoms with Crippen molar-refractivity contribution in [1.82, 2.24) is 15.0 Å². The minimum absolute atomic E-state index is 0.181. The average molecular weight is 365 g/mol. The van der Waals surface area contributed by atoms with Gasteiger partial charge in [-0.2, -0.15) is 0 Å². The van der Waals surface area contributed by atoms with E-state index in [1.807, 2.05) is 13.1 Å². The van der Waals surface area contributed by atoms with Crippen LogP contribution < -0.4 is 4.74 Å². The van der Waals surface area contributed by atoms with E-state index < -0.39 is 0 Å². The van der Waals surface area contributed by atoms with Crippen LogP contribution >= 0.6 is 39.1 Å². The molecule has 102 valence electrons. The molecule has 0 fully saturated rings. The third-order valence-electron chi connectivity index (χ3n) is 2.45. The molecule has 4 nitrogen and oxygen atoms in total. The lowest BCUT2D eigenvalue weighted by molar-refractivity contribution is 0.290. The molecule has 1 aromatic heterocycles. The minimum Gasteiger partial charge on any atom is -0.489 e. The van der Waals surface area contributed by atoms with Crippen molar-refractivity contribution in [1.29, 1.82) is 0 Å². The first kappa shape index (κ1) is 14.6. The monoisotopic (exact) mass is 363 g/mol. The van der Waals surface area contributed by atoms with Gasteiger partial charge in [-0.05, 0) is 19.1 Å². The van der Waals surface area contributed by atoms with Gasteiger partial charge in [-0.1, -0.05) is 50.4 Å². The predicted octanol–water partition coefficient (Wildman–Crippen LogP) is 4.12. The first-order chi connectivity index (χ1) is 9.08. The topological polar surface area (TPSA) is 39.9 Å². The Labute approximate surface area is 129 Å². The van der Waals surface area contributed by atoms with Gasteiger partial charge in [-0.3, -0.25) is 0 Å². The van der Waals surface area contributed by atoms with Crippen LogP contribution in [-0.2, 0) is 6.54 Å².